The van der Waals surface area contributed by atoms with Gasteiger partial charge in [0.2, 0.25) is 5.91 Å². The average molecular weight is 235 g/mol. The number of carbonyl (C=O) groups is 1. The molecule has 4 nitrogen and oxygen atoms in total. The Labute approximate surface area is 102 Å². The third-order valence-electron chi connectivity index (χ3n) is 3.46. The van der Waals surface area contributed by atoms with E-state index in [2.05, 4.69) is 29.8 Å². The highest BCUT2D eigenvalue weighted by atomic mass is 16.1. The molecule has 1 aromatic heterocycles. The molecule has 1 heterocycles. The summed E-state index contributed by atoms with van der Waals surface area (Å²) in [4.78, 5) is 11.3. The highest BCUT2D eigenvalue weighted by Crippen LogP contribution is 2.39. The van der Waals surface area contributed by atoms with Crippen LogP contribution in [0.3, 0.4) is 0 Å². The second-order valence-electron chi connectivity index (χ2n) is 4.92. The van der Waals surface area contributed by atoms with E-state index in [4.69, 9.17) is 5.73 Å². The lowest BCUT2D eigenvalue weighted by Gasteiger charge is -2.14. The van der Waals surface area contributed by atoms with E-state index in [9.17, 15) is 4.79 Å². The van der Waals surface area contributed by atoms with Crippen molar-refractivity contribution in [2.75, 3.05) is 6.54 Å². The Kier molecular flexibility index (Phi) is 3.24. The van der Waals surface area contributed by atoms with Crippen LogP contribution in [0.15, 0.2) is 6.07 Å². The summed E-state index contributed by atoms with van der Waals surface area (Å²) in [6, 6.07) is 2.89. The summed E-state index contributed by atoms with van der Waals surface area (Å²) in [5.74, 6) is -0.103. The van der Waals surface area contributed by atoms with Crippen molar-refractivity contribution in [3.8, 4) is 0 Å². The smallest absolute Gasteiger partial charge is 0.234 e. The minimum atomic E-state index is -0.103. The van der Waals surface area contributed by atoms with Crippen molar-refractivity contribution >= 4 is 5.91 Å². The molecule has 0 aliphatic heterocycles. The maximum Gasteiger partial charge on any atom is 0.234 e. The fraction of sp³-hybridized carbons (Fsp3) is 0.615. The summed E-state index contributed by atoms with van der Waals surface area (Å²) < 4.78 is 2.39. The second kappa shape index (κ2) is 4.53. The van der Waals surface area contributed by atoms with Crippen molar-refractivity contribution in [2.45, 2.75) is 45.7 Å². The van der Waals surface area contributed by atoms with Gasteiger partial charge in [0.25, 0.3) is 0 Å². The normalized spacial score (nSPS) is 16.9. The zero-order valence-corrected chi connectivity index (χ0v) is 10.8. The molecule has 1 aliphatic carbocycles. The average Bonchev–Trinajstić information content (AvgIpc) is 3.05. The molecule has 3 N–H and O–H groups in total. The number of hydrogen-bond acceptors (Lipinski definition) is 2. The van der Waals surface area contributed by atoms with E-state index in [-0.39, 0.29) is 18.5 Å². The van der Waals surface area contributed by atoms with Gasteiger partial charge in [-0.3, -0.25) is 4.79 Å². The molecule has 2 rings (SSSR count). The maximum absolute atomic E-state index is 11.3. The zero-order valence-electron chi connectivity index (χ0n) is 10.8. The first kappa shape index (κ1) is 12.2. The van der Waals surface area contributed by atoms with Crippen LogP contribution < -0.4 is 11.1 Å². The Morgan fingerprint density at radius 2 is 2.24 bits per heavy atom. The van der Waals surface area contributed by atoms with Crippen LogP contribution in [0.1, 0.15) is 48.8 Å². The molecule has 1 atom stereocenters. The van der Waals surface area contributed by atoms with Crippen LogP contribution in [0.2, 0.25) is 0 Å². The third kappa shape index (κ3) is 2.36. The number of hydrogen-bond donors (Lipinski definition) is 2. The van der Waals surface area contributed by atoms with Gasteiger partial charge in [0, 0.05) is 17.4 Å². The van der Waals surface area contributed by atoms with Gasteiger partial charge in [0.05, 0.1) is 12.6 Å². The van der Waals surface area contributed by atoms with E-state index in [0.29, 0.717) is 6.04 Å². The Morgan fingerprint density at radius 3 is 2.76 bits per heavy atom. The number of nitrogens with one attached hydrogen (secondary N) is 1. The molecule has 0 spiro atoms. The van der Waals surface area contributed by atoms with Crippen molar-refractivity contribution in [2.24, 2.45) is 5.73 Å². The molecule has 1 aliphatic rings. The molecule has 0 radical (unpaired) electrons. The lowest BCUT2D eigenvalue weighted by molar-refractivity contribution is -0.120. The first-order valence-electron chi connectivity index (χ1n) is 6.22. The van der Waals surface area contributed by atoms with Crippen molar-refractivity contribution in [1.82, 2.24) is 9.88 Å². The SMILES string of the molecule is Cc1cc(C(C)NC(=O)CN)c(C)n1C1CC1. The standard InChI is InChI=1S/C13H21N3O/c1-8-6-12(9(2)15-13(17)7-14)10(3)16(8)11-4-5-11/h6,9,11H,4-5,7,14H2,1-3H3,(H,15,17). The molecule has 94 valence electrons. The van der Waals surface area contributed by atoms with Crippen LogP contribution in [0.25, 0.3) is 0 Å². The largest absolute Gasteiger partial charge is 0.348 e. The summed E-state index contributed by atoms with van der Waals surface area (Å²) in [7, 11) is 0. The molecule has 1 amide bonds. The van der Waals surface area contributed by atoms with Gasteiger partial charge < -0.3 is 15.6 Å². The summed E-state index contributed by atoms with van der Waals surface area (Å²) in [6.45, 7) is 6.32. The fourth-order valence-electron chi connectivity index (χ4n) is 2.51. The van der Waals surface area contributed by atoms with Gasteiger partial charge in [-0.2, -0.15) is 0 Å². The number of rotatable bonds is 4. The van der Waals surface area contributed by atoms with E-state index >= 15 is 0 Å². The molecule has 1 aromatic rings. The second-order valence-corrected chi connectivity index (χ2v) is 4.92. The first-order valence-corrected chi connectivity index (χ1v) is 6.22. The summed E-state index contributed by atoms with van der Waals surface area (Å²) in [5, 5.41) is 2.91. The van der Waals surface area contributed by atoms with Crippen LogP contribution in [0, 0.1) is 13.8 Å². The number of aryl methyl sites for hydroxylation is 1. The Bertz CT molecular complexity index is 432. The lowest BCUT2D eigenvalue weighted by atomic mass is 10.1. The zero-order chi connectivity index (χ0) is 12.6. The van der Waals surface area contributed by atoms with Gasteiger partial charge in [0.1, 0.15) is 0 Å². The molecule has 4 heteroatoms. The molecule has 0 bridgehead atoms. The number of aromatic nitrogens is 1. The lowest BCUT2D eigenvalue weighted by Crippen LogP contribution is -2.32. The monoisotopic (exact) mass is 235 g/mol. The van der Waals surface area contributed by atoms with Crippen molar-refractivity contribution in [3.05, 3.63) is 23.0 Å². The van der Waals surface area contributed by atoms with Crippen LogP contribution in [0.4, 0.5) is 0 Å². The molecular formula is C13H21N3O. The van der Waals surface area contributed by atoms with Gasteiger partial charge in [0.15, 0.2) is 0 Å². The van der Waals surface area contributed by atoms with Crippen molar-refractivity contribution in [3.63, 3.8) is 0 Å². The first-order chi connectivity index (χ1) is 8.04. The molecule has 0 saturated heterocycles. The van der Waals surface area contributed by atoms with E-state index in [0.717, 1.165) is 0 Å². The highest BCUT2D eigenvalue weighted by Gasteiger charge is 2.28. The Balaban J connectivity index is 2.20. The van der Waals surface area contributed by atoms with Crippen molar-refractivity contribution in [1.29, 1.82) is 0 Å². The topological polar surface area (TPSA) is 60.1 Å². The summed E-state index contributed by atoms with van der Waals surface area (Å²) in [6.07, 6.45) is 2.55. The minimum Gasteiger partial charge on any atom is -0.348 e. The quantitative estimate of drug-likeness (QED) is 0.832. The molecular weight excluding hydrogens is 214 g/mol. The fourth-order valence-corrected chi connectivity index (χ4v) is 2.51. The predicted molar refractivity (Wildman–Crippen MR) is 67.8 cm³/mol. The van der Waals surface area contributed by atoms with Crippen LogP contribution in [0.5, 0.6) is 0 Å². The van der Waals surface area contributed by atoms with Gasteiger partial charge in [-0.05, 0) is 45.2 Å². The molecule has 1 fully saturated rings. The number of carbonyl (C=O) groups excluding carboxylic acids is 1. The predicted octanol–water partition coefficient (Wildman–Crippen LogP) is 1.58. The van der Waals surface area contributed by atoms with Gasteiger partial charge in [-0.1, -0.05) is 0 Å². The van der Waals surface area contributed by atoms with Gasteiger partial charge in [-0.25, -0.2) is 0 Å². The van der Waals surface area contributed by atoms with Crippen molar-refractivity contribution < 1.29 is 4.79 Å². The number of nitrogens with zero attached hydrogens (tertiary/aromatic N) is 1. The Hall–Kier alpha value is -1.29. The maximum atomic E-state index is 11.3. The minimum absolute atomic E-state index is 0.0322. The van der Waals surface area contributed by atoms with E-state index in [1.54, 1.807) is 0 Å². The Morgan fingerprint density at radius 1 is 1.59 bits per heavy atom. The molecule has 1 unspecified atom stereocenters. The van der Waals surface area contributed by atoms with Crippen LogP contribution in [-0.2, 0) is 4.79 Å². The van der Waals surface area contributed by atoms with E-state index in [1.165, 1.54) is 29.8 Å². The third-order valence-corrected chi connectivity index (χ3v) is 3.46. The van der Waals surface area contributed by atoms with Gasteiger partial charge in [-0.15, -0.1) is 0 Å². The highest BCUT2D eigenvalue weighted by molar-refractivity contribution is 5.78. The van der Waals surface area contributed by atoms with Crippen LogP contribution in [-0.4, -0.2) is 17.0 Å². The molecule has 0 aromatic carbocycles. The van der Waals surface area contributed by atoms with Crippen LogP contribution >= 0.6 is 0 Å². The van der Waals surface area contributed by atoms with Gasteiger partial charge >= 0.3 is 0 Å². The van der Waals surface area contributed by atoms with E-state index < -0.39 is 0 Å². The molecule has 17 heavy (non-hydrogen) atoms. The summed E-state index contributed by atoms with van der Waals surface area (Å²) in [5.41, 5.74) is 9.08. The van der Waals surface area contributed by atoms with E-state index in [1.807, 2.05) is 6.92 Å². The molecule has 1 saturated carbocycles. The summed E-state index contributed by atoms with van der Waals surface area (Å²) >= 11 is 0. The number of amides is 1. The number of nitrogens with two attached hydrogens (primary N) is 1.